The fourth-order valence-corrected chi connectivity index (χ4v) is 7.27. The monoisotopic (exact) mass is 532 g/mol. The Balaban J connectivity index is 1.78. The van der Waals surface area contributed by atoms with Crippen molar-refractivity contribution >= 4 is 15.7 Å². The number of fused-ring (bicyclic) bond motifs is 1. The number of alkyl halides is 7. The van der Waals surface area contributed by atoms with Crippen LogP contribution in [-0.2, 0) is 16.2 Å². The molecule has 2 saturated carbocycles. The molecule has 1 aromatic rings. The van der Waals surface area contributed by atoms with E-state index in [9.17, 15) is 39.2 Å². The number of nitrogens with zero attached hydrogens (tertiary/aromatic N) is 2. The summed E-state index contributed by atoms with van der Waals surface area (Å²) in [6.07, 6.45) is -5.84. The Labute approximate surface area is 199 Å². The van der Waals surface area contributed by atoms with Crippen molar-refractivity contribution in [2.24, 2.45) is 5.41 Å². The van der Waals surface area contributed by atoms with E-state index in [-0.39, 0.29) is 44.3 Å². The van der Waals surface area contributed by atoms with Gasteiger partial charge in [-0.3, -0.25) is 0 Å². The van der Waals surface area contributed by atoms with Crippen LogP contribution in [0.25, 0.3) is 0 Å². The average Bonchev–Trinajstić information content (AvgIpc) is 2.74. The van der Waals surface area contributed by atoms with E-state index in [1.54, 1.807) is 0 Å². The number of ether oxygens (including phenoxy) is 1. The van der Waals surface area contributed by atoms with Crippen molar-refractivity contribution < 1.29 is 43.9 Å². The van der Waals surface area contributed by atoms with Crippen molar-refractivity contribution in [3.63, 3.8) is 0 Å². The fraction of sp³-hybridized carbons (Fsp3) is 0.727. The molecule has 198 valence electrons. The molecule has 2 fully saturated rings. The Morgan fingerprint density at radius 3 is 2.20 bits per heavy atom. The van der Waals surface area contributed by atoms with Gasteiger partial charge in [-0.1, -0.05) is 0 Å². The van der Waals surface area contributed by atoms with Crippen LogP contribution < -0.4 is 9.64 Å². The van der Waals surface area contributed by atoms with Gasteiger partial charge in [0.05, 0.1) is 18.4 Å². The molecule has 1 spiro atoms. The smallest absolute Gasteiger partial charge is 0.420 e. The predicted molar refractivity (Wildman–Crippen MR) is 114 cm³/mol. The third-order valence-electron chi connectivity index (χ3n) is 7.44. The second-order valence-electron chi connectivity index (χ2n) is 10.2. The van der Waals surface area contributed by atoms with E-state index in [0.717, 1.165) is 17.5 Å². The van der Waals surface area contributed by atoms with Crippen molar-refractivity contribution in [2.75, 3.05) is 25.6 Å². The number of rotatable bonds is 5. The van der Waals surface area contributed by atoms with Crippen LogP contribution in [-0.4, -0.2) is 57.4 Å². The Bertz CT molecular complexity index is 1090. The van der Waals surface area contributed by atoms with Gasteiger partial charge in [0.25, 0.3) is 0 Å². The van der Waals surface area contributed by atoms with Gasteiger partial charge in [0.1, 0.15) is 10.6 Å². The number of hydrogen-bond donors (Lipinski definition) is 0. The van der Waals surface area contributed by atoms with Gasteiger partial charge in [-0.25, -0.2) is 26.0 Å². The van der Waals surface area contributed by atoms with Crippen molar-refractivity contribution in [2.45, 2.75) is 80.4 Å². The highest BCUT2D eigenvalue weighted by Gasteiger charge is 2.63. The van der Waals surface area contributed by atoms with Gasteiger partial charge >= 0.3 is 6.18 Å². The lowest BCUT2D eigenvalue weighted by Crippen LogP contribution is -2.61. The number of sulfonamides is 1. The van der Waals surface area contributed by atoms with Crippen LogP contribution in [0.4, 0.5) is 36.4 Å². The molecule has 0 radical (unpaired) electrons. The molecule has 3 aliphatic rings. The molecule has 0 N–H and O–H groups in total. The molecule has 13 heteroatoms. The van der Waals surface area contributed by atoms with E-state index in [1.165, 1.54) is 11.9 Å². The third-order valence-corrected chi connectivity index (χ3v) is 9.38. The number of anilines is 1. The van der Waals surface area contributed by atoms with E-state index >= 15 is 0 Å². The van der Waals surface area contributed by atoms with E-state index in [4.69, 9.17) is 4.74 Å². The Hall–Kier alpha value is -1.76. The molecular weight excluding hydrogens is 505 g/mol. The number of methoxy groups -OCH3 is 1. The molecule has 0 aromatic heterocycles. The Kier molecular flexibility index (Phi) is 6.10. The summed E-state index contributed by atoms with van der Waals surface area (Å²) in [5.74, 6) is -6.54. The first-order chi connectivity index (χ1) is 15.9. The highest BCUT2D eigenvalue weighted by Crippen LogP contribution is 2.64. The Morgan fingerprint density at radius 1 is 1.11 bits per heavy atom. The summed E-state index contributed by atoms with van der Waals surface area (Å²) < 4.78 is 128. The van der Waals surface area contributed by atoms with Gasteiger partial charge in [0, 0.05) is 51.0 Å². The van der Waals surface area contributed by atoms with Gasteiger partial charge in [0.2, 0.25) is 21.9 Å². The first-order valence-electron chi connectivity index (χ1n) is 11.2. The lowest BCUT2D eigenvalue weighted by molar-refractivity contribution is -0.195. The Morgan fingerprint density at radius 2 is 1.71 bits per heavy atom. The minimum Gasteiger partial charge on any atom is -0.496 e. The summed E-state index contributed by atoms with van der Waals surface area (Å²) in [5.41, 5.74) is -2.03. The topological polar surface area (TPSA) is 49.9 Å². The molecule has 2 aliphatic carbocycles. The van der Waals surface area contributed by atoms with Crippen LogP contribution in [0.5, 0.6) is 5.75 Å². The number of halogens is 7. The molecule has 0 saturated heterocycles. The molecule has 0 bridgehead atoms. The lowest BCUT2D eigenvalue weighted by Gasteiger charge is -2.60. The van der Waals surface area contributed by atoms with E-state index in [2.05, 4.69) is 0 Å². The molecule has 1 aromatic carbocycles. The van der Waals surface area contributed by atoms with Crippen molar-refractivity contribution in [1.82, 2.24) is 4.31 Å². The standard InChI is InChI=1S/C22H27F7N2O3S/c1-19(23,24)5-4-13-10-31(14-8-20(9-14)11-21(25,26)12-20)16-6-15(22(27,28)29)17(34-3)7-18(16)35(32,33)30(13)2/h6-7,13-14H,4-5,8-12H2,1-3H3. The first kappa shape index (κ1) is 26.3. The van der Waals surface area contributed by atoms with Gasteiger partial charge in [-0.15, -0.1) is 0 Å². The second-order valence-corrected chi connectivity index (χ2v) is 12.2. The normalized spacial score (nSPS) is 26.0. The zero-order chi connectivity index (χ0) is 26.2. The summed E-state index contributed by atoms with van der Waals surface area (Å²) in [5, 5.41) is 0. The van der Waals surface area contributed by atoms with Crippen molar-refractivity contribution in [3.05, 3.63) is 17.7 Å². The number of hydrogen-bond acceptors (Lipinski definition) is 4. The van der Waals surface area contributed by atoms with Crippen LogP contribution in [0.3, 0.4) is 0 Å². The van der Waals surface area contributed by atoms with Gasteiger partial charge in [-0.05, 0) is 37.7 Å². The largest absolute Gasteiger partial charge is 0.496 e. The van der Waals surface area contributed by atoms with E-state index in [1.807, 2.05) is 0 Å². The molecule has 0 amide bonds. The van der Waals surface area contributed by atoms with Crippen LogP contribution >= 0.6 is 0 Å². The molecular formula is C22H27F7N2O3S. The second kappa shape index (κ2) is 8.12. The maximum Gasteiger partial charge on any atom is 0.420 e. The lowest BCUT2D eigenvalue weighted by atomic mass is 9.52. The molecule has 1 heterocycles. The molecule has 1 aliphatic heterocycles. The van der Waals surface area contributed by atoms with Crippen molar-refractivity contribution in [3.8, 4) is 5.75 Å². The highest BCUT2D eigenvalue weighted by molar-refractivity contribution is 7.89. The summed E-state index contributed by atoms with van der Waals surface area (Å²) >= 11 is 0. The van der Waals surface area contributed by atoms with E-state index in [0.29, 0.717) is 13.0 Å². The molecule has 4 rings (SSSR count). The van der Waals surface area contributed by atoms with Gasteiger partial charge < -0.3 is 9.64 Å². The summed E-state index contributed by atoms with van der Waals surface area (Å²) in [4.78, 5) is 1.04. The molecule has 5 nitrogen and oxygen atoms in total. The van der Waals surface area contributed by atoms with Crippen LogP contribution in [0, 0.1) is 5.41 Å². The summed E-state index contributed by atoms with van der Waals surface area (Å²) in [6, 6.07) is 0.0554. The van der Waals surface area contributed by atoms with Crippen LogP contribution in [0.15, 0.2) is 17.0 Å². The first-order valence-corrected chi connectivity index (χ1v) is 12.6. The quantitative estimate of drug-likeness (QED) is 0.468. The van der Waals surface area contributed by atoms with Crippen LogP contribution in [0.2, 0.25) is 0 Å². The third kappa shape index (κ3) is 4.82. The molecule has 1 atom stereocenters. The number of likely N-dealkylation sites (N-methyl/N-ethyl adjacent to an activating group) is 1. The zero-order valence-electron chi connectivity index (χ0n) is 19.4. The minimum atomic E-state index is -4.85. The maximum absolute atomic E-state index is 13.8. The number of benzene rings is 1. The maximum atomic E-state index is 13.8. The fourth-order valence-electron chi connectivity index (χ4n) is 5.70. The van der Waals surface area contributed by atoms with Crippen molar-refractivity contribution in [1.29, 1.82) is 0 Å². The van der Waals surface area contributed by atoms with Crippen LogP contribution in [0.1, 0.15) is 51.0 Å². The predicted octanol–water partition coefficient (Wildman–Crippen LogP) is 5.54. The SMILES string of the molecule is COc1cc2c(cc1C(F)(F)F)N(C1CC3(C1)CC(F)(F)C3)CC(CCC(C)(F)F)N(C)S2(=O)=O. The molecule has 1 unspecified atom stereocenters. The summed E-state index contributed by atoms with van der Waals surface area (Å²) in [7, 11) is -2.18. The summed E-state index contributed by atoms with van der Waals surface area (Å²) in [6.45, 7) is 0.567. The zero-order valence-corrected chi connectivity index (χ0v) is 20.2. The van der Waals surface area contributed by atoms with E-state index < -0.39 is 68.2 Å². The minimum absolute atomic E-state index is 0.139. The van der Waals surface area contributed by atoms with Gasteiger partial charge in [0.15, 0.2) is 0 Å². The average molecular weight is 533 g/mol. The molecule has 35 heavy (non-hydrogen) atoms. The highest BCUT2D eigenvalue weighted by atomic mass is 32.2. The van der Waals surface area contributed by atoms with Gasteiger partial charge in [-0.2, -0.15) is 17.5 Å².